The monoisotopic (exact) mass is 263 g/mol. The van der Waals surface area contributed by atoms with Crippen molar-refractivity contribution >= 4 is 11.9 Å². The van der Waals surface area contributed by atoms with Gasteiger partial charge in [-0.25, -0.2) is 4.79 Å². The lowest BCUT2D eigenvalue weighted by Crippen LogP contribution is -2.41. The predicted molar refractivity (Wildman–Crippen MR) is 68.7 cm³/mol. The van der Waals surface area contributed by atoms with E-state index in [2.05, 4.69) is 15.2 Å². The van der Waals surface area contributed by atoms with Crippen molar-refractivity contribution in [3.05, 3.63) is 29.6 Å². The summed E-state index contributed by atoms with van der Waals surface area (Å²) in [6.45, 7) is 1.43. The largest absolute Gasteiger partial charge is 0.478 e. The highest BCUT2D eigenvalue weighted by molar-refractivity contribution is 5.87. The van der Waals surface area contributed by atoms with E-state index < -0.39 is 5.97 Å². The summed E-state index contributed by atoms with van der Waals surface area (Å²) in [5, 5.41) is 11.5. The molecule has 2 heterocycles. The van der Waals surface area contributed by atoms with Gasteiger partial charge in [0.15, 0.2) is 0 Å². The van der Waals surface area contributed by atoms with Crippen molar-refractivity contribution in [2.75, 3.05) is 13.6 Å². The Hall–Kier alpha value is -1.95. The van der Waals surface area contributed by atoms with Crippen LogP contribution in [0.15, 0.2) is 18.3 Å². The fraction of sp³-hybridized carbons (Fsp3) is 0.462. The lowest BCUT2D eigenvalue weighted by molar-refractivity contribution is -0.125. The first-order valence-corrected chi connectivity index (χ1v) is 6.25. The third-order valence-electron chi connectivity index (χ3n) is 3.35. The number of carboxylic acid groups (broad SMARTS) is 1. The van der Waals surface area contributed by atoms with Gasteiger partial charge in [-0.1, -0.05) is 0 Å². The second kappa shape index (κ2) is 5.79. The summed E-state index contributed by atoms with van der Waals surface area (Å²) in [5.74, 6) is -0.955. The van der Waals surface area contributed by atoms with E-state index in [1.54, 1.807) is 13.1 Å². The molecule has 1 amide bonds. The second-order valence-electron chi connectivity index (χ2n) is 4.59. The van der Waals surface area contributed by atoms with Crippen molar-refractivity contribution in [2.45, 2.75) is 25.4 Å². The molecular formula is C13H17N3O3. The van der Waals surface area contributed by atoms with Gasteiger partial charge in [0.25, 0.3) is 0 Å². The third kappa shape index (κ3) is 3.08. The fourth-order valence-electron chi connectivity index (χ4n) is 2.33. The Balaban J connectivity index is 2.04. The highest BCUT2D eigenvalue weighted by atomic mass is 16.4. The molecule has 19 heavy (non-hydrogen) atoms. The summed E-state index contributed by atoms with van der Waals surface area (Å²) in [7, 11) is 1.64. The lowest BCUT2D eigenvalue weighted by atomic mass is 10.2. The van der Waals surface area contributed by atoms with Crippen LogP contribution >= 0.6 is 0 Å². The van der Waals surface area contributed by atoms with Gasteiger partial charge >= 0.3 is 5.97 Å². The van der Waals surface area contributed by atoms with Crippen molar-refractivity contribution in [3.8, 4) is 0 Å². The number of nitrogens with zero attached hydrogens (tertiary/aromatic N) is 2. The number of rotatable bonds is 4. The van der Waals surface area contributed by atoms with E-state index in [1.807, 2.05) is 0 Å². The van der Waals surface area contributed by atoms with Gasteiger partial charge in [0.2, 0.25) is 5.91 Å². The van der Waals surface area contributed by atoms with Crippen molar-refractivity contribution < 1.29 is 14.7 Å². The molecule has 1 atom stereocenters. The van der Waals surface area contributed by atoms with Crippen LogP contribution < -0.4 is 5.32 Å². The average Bonchev–Trinajstić information content (AvgIpc) is 2.86. The van der Waals surface area contributed by atoms with Gasteiger partial charge < -0.3 is 10.4 Å². The molecule has 1 aromatic rings. The smallest absolute Gasteiger partial charge is 0.337 e. The Morgan fingerprint density at radius 3 is 2.89 bits per heavy atom. The van der Waals surface area contributed by atoms with Gasteiger partial charge in [-0.15, -0.1) is 0 Å². The topological polar surface area (TPSA) is 82.5 Å². The zero-order chi connectivity index (χ0) is 13.8. The van der Waals surface area contributed by atoms with Crippen molar-refractivity contribution in [2.24, 2.45) is 0 Å². The summed E-state index contributed by atoms with van der Waals surface area (Å²) < 4.78 is 0. The number of aromatic carboxylic acids is 1. The molecule has 0 bridgehead atoms. The van der Waals surface area contributed by atoms with Crippen molar-refractivity contribution in [3.63, 3.8) is 0 Å². The van der Waals surface area contributed by atoms with Gasteiger partial charge in [0.1, 0.15) is 0 Å². The van der Waals surface area contributed by atoms with Gasteiger partial charge in [0, 0.05) is 19.8 Å². The van der Waals surface area contributed by atoms with Crippen LogP contribution in [-0.4, -0.2) is 46.5 Å². The van der Waals surface area contributed by atoms with Gasteiger partial charge in [-0.2, -0.15) is 0 Å². The van der Waals surface area contributed by atoms with E-state index in [0.717, 1.165) is 25.1 Å². The first kappa shape index (κ1) is 13.5. The van der Waals surface area contributed by atoms with E-state index in [1.165, 1.54) is 12.3 Å². The third-order valence-corrected chi connectivity index (χ3v) is 3.35. The lowest BCUT2D eigenvalue weighted by Gasteiger charge is -2.22. The summed E-state index contributed by atoms with van der Waals surface area (Å²) in [5.41, 5.74) is 0.953. The predicted octanol–water partition coefficient (Wildman–Crippen LogP) is 0.490. The molecule has 0 aromatic carbocycles. The minimum Gasteiger partial charge on any atom is -0.478 e. The molecule has 0 spiro atoms. The Morgan fingerprint density at radius 2 is 2.32 bits per heavy atom. The van der Waals surface area contributed by atoms with Crippen LogP contribution in [-0.2, 0) is 11.3 Å². The van der Waals surface area contributed by atoms with Crippen LogP contribution in [0.4, 0.5) is 0 Å². The van der Waals surface area contributed by atoms with Crippen molar-refractivity contribution in [1.82, 2.24) is 15.2 Å². The highest BCUT2D eigenvalue weighted by Crippen LogP contribution is 2.19. The van der Waals surface area contributed by atoms with Gasteiger partial charge in [-0.05, 0) is 31.5 Å². The highest BCUT2D eigenvalue weighted by Gasteiger charge is 2.29. The summed E-state index contributed by atoms with van der Waals surface area (Å²) in [6.07, 6.45) is 3.20. The molecule has 1 unspecified atom stereocenters. The maximum atomic E-state index is 11.7. The molecule has 102 valence electrons. The Kier molecular flexibility index (Phi) is 4.11. The number of hydrogen-bond donors (Lipinski definition) is 2. The number of carbonyl (C=O) groups excluding carboxylic acids is 1. The molecule has 6 nitrogen and oxygen atoms in total. The average molecular weight is 263 g/mol. The number of carbonyl (C=O) groups is 2. The van der Waals surface area contributed by atoms with Crippen LogP contribution in [0.5, 0.6) is 0 Å². The minimum atomic E-state index is -0.983. The van der Waals surface area contributed by atoms with Crippen LogP contribution in [0.2, 0.25) is 0 Å². The number of carboxylic acids is 1. The van der Waals surface area contributed by atoms with E-state index in [9.17, 15) is 9.59 Å². The number of nitrogens with one attached hydrogen (secondary N) is 1. The standard InChI is InChI=1S/C13H17N3O3/c1-14-12(17)11-3-2-6-16(11)8-10-5-4-9(7-15-10)13(18)19/h4-5,7,11H,2-3,6,8H2,1H3,(H,14,17)(H,18,19). The maximum Gasteiger partial charge on any atom is 0.337 e. The molecule has 1 aliphatic heterocycles. The SMILES string of the molecule is CNC(=O)C1CCCN1Cc1ccc(C(=O)O)cn1. The summed E-state index contributed by atoms with van der Waals surface area (Å²) in [6, 6.07) is 3.13. The summed E-state index contributed by atoms with van der Waals surface area (Å²) in [4.78, 5) is 28.6. The van der Waals surface area contributed by atoms with Crippen LogP contribution in [0, 0.1) is 0 Å². The number of hydrogen-bond acceptors (Lipinski definition) is 4. The zero-order valence-corrected chi connectivity index (χ0v) is 10.8. The van der Waals surface area contributed by atoms with Gasteiger partial charge in [-0.3, -0.25) is 14.7 Å². The Morgan fingerprint density at radius 1 is 1.53 bits per heavy atom. The van der Waals surface area contributed by atoms with E-state index >= 15 is 0 Å². The number of amides is 1. The molecule has 0 aliphatic carbocycles. The van der Waals surface area contributed by atoms with E-state index in [4.69, 9.17) is 5.11 Å². The normalized spacial score (nSPS) is 19.3. The molecule has 2 N–H and O–H groups in total. The number of pyridine rings is 1. The number of likely N-dealkylation sites (tertiary alicyclic amines) is 1. The first-order chi connectivity index (χ1) is 9.11. The summed E-state index contributed by atoms with van der Waals surface area (Å²) >= 11 is 0. The van der Waals surface area contributed by atoms with Crippen LogP contribution in [0.3, 0.4) is 0 Å². The molecule has 1 fully saturated rings. The molecular weight excluding hydrogens is 246 g/mol. The molecule has 2 rings (SSSR count). The molecule has 0 radical (unpaired) electrons. The molecule has 1 saturated heterocycles. The Bertz CT molecular complexity index is 473. The second-order valence-corrected chi connectivity index (χ2v) is 4.59. The van der Waals surface area contributed by atoms with Crippen LogP contribution in [0.25, 0.3) is 0 Å². The first-order valence-electron chi connectivity index (χ1n) is 6.25. The van der Waals surface area contributed by atoms with E-state index in [0.29, 0.717) is 6.54 Å². The minimum absolute atomic E-state index is 0.0275. The van der Waals surface area contributed by atoms with E-state index in [-0.39, 0.29) is 17.5 Å². The zero-order valence-electron chi connectivity index (χ0n) is 10.8. The quantitative estimate of drug-likeness (QED) is 0.826. The molecule has 6 heteroatoms. The molecule has 0 saturated carbocycles. The molecule has 1 aromatic heterocycles. The van der Waals surface area contributed by atoms with Crippen LogP contribution in [0.1, 0.15) is 28.9 Å². The fourth-order valence-corrected chi connectivity index (χ4v) is 2.33. The number of aromatic nitrogens is 1. The van der Waals surface area contributed by atoms with Gasteiger partial charge in [0.05, 0.1) is 17.3 Å². The molecule has 1 aliphatic rings. The maximum absolute atomic E-state index is 11.7. The van der Waals surface area contributed by atoms with Crippen molar-refractivity contribution in [1.29, 1.82) is 0 Å². The Labute approximate surface area is 111 Å². The number of likely N-dealkylation sites (N-methyl/N-ethyl adjacent to an activating group) is 1.